The summed E-state index contributed by atoms with van der Waals surface area (Å²) in [5.41, 5.74) is 1.31. The molecule has 0 radical (unpaired) electrons. The van der Waals surface area contributed by atoms with Crippen LogP contribution < -0.4 is 5.32 Å². The van der Waals surface area contributed by atoms with Crippen molar-refractivity contribution in [3.63, 3.8) is 0 Å². The smallest absolute Gasteiger partial charge is 0.123 e. The zero-order valence-electron chi connectivity index (χ0n) is 11.7. The molecule has 1 rings (SSSR count). The number of nitrogens with one attached hydrogen (secondary N) is 1. The van der Waals surface area contributed by atoms with Crippen LogP contribution in [0.5, 0.6) is 0 Å². The number of hydrogen-bond donors (Lipinski definition) is 1. The van der Waals surface area contributed by atoms with Gasteiger partial charge in [-0.05, 0) is 48.6 Å². The second kappa shape index (κ2) is 6.67. The summed E-state index contributed by atoms with van der Waals surface area (Å²) in [6.07, 6.45) is 2.12. The molecule has 0 spiro atoms. The van der Waals surface area contributed by atoms with Gasteiger partial charge in [0.15, 0.2) is 0 Å². The first-order chi connectivity index (χ1) is 8.33. The van der Waals surface area contributed by atoms with Crippen LogP contribution in [0.3, 0.4) is 0 Å². The first-order valence-electron chi connectivity index (χ1n) is 6.52. The average Bonchev–Trinajstić information content (AvgIpc) is 2.26. The minimum atomic E-state index is -0.174. The third-order valence-electron chi connectivity index (χ3n) is 2.97. The molecular formula is C15H23BrFN. The van der Waals surface area contributed by atoms with Gasteiger partial charge in [0.05, 0.1) is 0 Å². The summed E-state index contributed by atoms with van der Waals surface area (Å²) in [5, 5.41) is 3.44. The molecule has 1 nitrogen and oxygen atoms in total. The minimum Gasteiger partial charge on any atom is -0.310 e. The van der Waals surface area contributed by atoms with Crippen molar-refractivity contribution < 1.29 is 4.39 Å². The summed E-state index contributed by atoms with van der Waals surface area (Å²) >= 11 is 3.51. The molecule has 0 aliphatic rings. The van der Waals surface area contributed by atoms with Crippen LogP contribution in [0.4, 0.5) is 4.39 Å². The van der Waals surface area contributed by atoms with Crippen LogP contribution in [0.1, 0.15) is 52.1 Å². The number of rotatable bonds is 5. The highest BCUT2D eigenvalue weighted by Crippen LogP contribution is 2.31. The third kappa shape index (κ3) is 5.07. The van der Waals surface area contributed by atoms with Gasteiger partial charge in [0.2, 0.25) is 0 Å². The quantitative estimate of drug-likeness (QED) is 0.800. The minimum absolute atomic E-state index is 0.174. The third-order valence-corrected chi connectivity index (χ3v) is 3.69. The van der Waals surface area contributed by atoms with Crippen LogP contribution >= 0.6 is 15.9 Å². The molecule has 0 aromatic heterocycles. The zero-order chi connectivity index (χ0) is 13.8. The van der Waals surface area contributed by atoms with Crippen molar-refractivity contribution in [2.75, 3.05) is 6.54 Å². The van der Waals surface area contributed by atoms with E-state index in [1.807, 2.05) is 0 Å². The molecule has 18 heavy (non-hydrogen) atoms. The van der Waals surface area contributed by atoms with Gasteiger partial charge in [-0.3, -0.25) is 0 Å². The number of halogens is 2. The predicted molar refractivity (Wildman–Crippen MR) is 79.2 cm³/mol. The average molecular weight is 316 g/mol. The van der Waals surface area contributed by atoms with E-state index in [1.165, 1.54) is 6.07 Å². The summed E-state index contributed by atoms with van der Waals surface area (Å²) in [7, 11) is 0. The van der Waals surface area contributed by atoms with Gasteiger partial charge in [0.1, 0.15) is 5.82 Å². The molecule has 3 heteroatoms. The Balaban J connectivity index is 2.86. The van der Waals surface area contributed by atoms with Crippen LogP contribution in [-0.2, 0) is 0 Å². The molecule has 1 N–H and O–H groups in total. The van der Waals surface area contributed by atoms with E-state index in [-0.39, 0.29) is 11.9 Å². The highest BCUT2D eigenvalue weighted by molar-refractivity contribution is 9.10. The summed E-state index contributed by atoms with van der Waals surface area (Å²) in [5.74, 6) is -0.174. The van der Waals surface area contributed by atoms with Crippen LogP contribution in [0, 0.1) is 11.2 Å². The molecule has 1 aromatic rings. The number of hydrogen-bond acceptors (Lipinski definition) is 1. The predicted octanol–water partition coefficient (Wildman–Crippen LogP) is 5.07. The van der Waals surface area contributed by atoms with Crippen LogP contribution in [0.25, 0.3) is 0 Å². The Morgan fingerprint density at radius 3 is 2.56 bits per heavy atom. The fraction of sp³-hybridized carbons (Fsp3) is 0.600. The lowest BCUT2D eigenvalue weighted by Gasteiger charge is -2.25. The molecule has 102 valence electrons. The highest BCUT2D eigenvalue weighted by atomic mass is 79.9. The van der Waals surface area contributed by atoms with Crippen molar-refractivity contribution in [1.29, 1.82) is 0 Å². The van der Waals surface area contributed by atoms with E-state index in [2.05, 4.69) is 48.9 Å². The Morgan fingerprint density at radius 2 is 2.00 bits per heavy atom. The van der Waals surface area contributed by atoms with Gasteiger partial charge < -0.3 is 5.32 Å². The van der Waals surface area contributed by atoms with Crippen LogP contribution in [0.2, 0.25) is 0 Å². The molecule has 0 amide bonds. The monoisotopic (exact) mass is 315 g/mol. The first kappa shape index (κ1) is 15.6. The largest absolute Gasteiger partial charge is 0.310 e. The molecule has 1 aromatic carbocycles. The Kier molecular flexibility index (Phi) is 5.80. The van der Waals surface area contributed by atoms with E-state index in [0.717, 1.165) is 29.4 Å². The maximum Gasteiger partial charge on any atom is 0.123 e. The molecule has 0 heterocycles. The SMILES string of the molecule is CCNC(CCC(C)(C)C)c1cc(F)ccc1Br. The lowest BCUT2D eigenvalue weighted by atomic mass is 9.87. The van der Waals surface area contributed by atoms with Crippen LogP contribution in [-0.4, -0.2) is 6.54 Å². The van der Waals surface area contributed by atoms with Gasteiger partial charge in [-0.25, -0.2) is 4.39 Å². The van der Waals surface area contributed by atoms with Gasteiger partial charge in [-0.2, -0.15) is 0 Å². The summed E-state index contributed by atoms with van der Waals surface area (Å²) < 4.78 is 14.3. The topological polar surface area (TPSA) is 12.0 Å². The molecular weight excluding hydrogens is 293 g/mol. The van der Waals surface area contributed by atoms with Crippen molar-refractivity contribution in [1.82, 2.24) is 5.32 Å². The summed E-state index contributed by atoms with van der Waals surface area (Å²) in [6, 6.07) is 5.10. The standard InChI is InChI=1S/C15H23BrFN/c1-5-18-14(8-9-15(2,3)4)12-10-11(17)6-7-13(12)16/h6-7,10,14,18H,5,8-9H2,1-4H3. The molecule has 0 aliphatic heterocycles. The van der Waals surface area contributed by atoms with Gasteiger partial charge in [0, 0.05) is 10.5 Å². The van der Waals surface area contributed by atoms with Gasteiger partial charge in [0.25, 0.3) is 0 Å². The van der Waals surface area contributed by atoms with Crippen molar-refractivity contribution in [3.8, 4) is 0 Å². The van der Waals surface area contributed by atoms with Gasteiger partial charge in [-0.15, -0.1) is 0 Å². The maximum absolute atomic E-state index is 13.4. The van der Waals surface area contributed by atoms with Crippen LogP contribution in [0.15, 0.2) is 22.7 Å². The Morgan fingerprint density at radius 1 is 1.33 bits per heavy atom. The molecule has 1 atom stereocenters. The summed E-state index contributed by atoms with van der Waals surface area (Å²) in [6.45, 7) is 9.67. The van der Waals surface area contributed by atoms with Crippen molar-refractivity contribution >= 4 is 15.9 Å². The van der Waals surface area contributed by atoms with E-state index in [4.69, 9.17) is 0 Å². The maximum atomic E-state index is 13.4. The van der Waals surface area contributed by atoms with E-state index in [0.29, 0.717) is 5.41 Å². The lowest BCUT2D eigenvalue weighted by molar-refractivity contribution is 0.333. The van der Waals surface area contributed by atoms with E-state index in [9.17, 15) is 4.39 Å². The van der Waals surface area contributed by atoms with E-state index >= 15 is 0 Å². The first-order valence-corrected chi connectivity index (χ1v) is 7.31. The molecule has 0 saturated carbocycles. The van der Waals surface area contributed by atoms with Gasteiger partial charge in [-0.1, -0.05) is 43.6 Å². The fourth-order valence-electron chi connectivity index (χ4n) is 1.97. The molecule has 1 unspecified atom stereocenters. The van der Waals surface area contributed by atoms with E-state index < -0.39 is 0 Å². The second-order valence-corrected chi connectivity index (χ2v) is 6.73. The molecule has 0 fully saturated rings. The molecule has 0 saturated heterocycles. The lowest BCUT2D eigenvalue weighted by Crippen LogP contribution is -2.23. The Bertz CT molecular complexity index is 385. The van der Waals surface area contributed by atoms with E-state index in [1.54, 1.807) is 12.1 Å². The van der Waals surface area contributed by atoms with Crippen molar-refractivity contribution in [2.45, 2.75) is 46.6 Å². The zero-order valence-corrected chi connectivity index (χ0v) is 13.3. The van der Waals surface area contributed by atoms with Crippen molar-refractivity contribution in [2.24, 2.45) is 5.41 Å². The Labute approximate surface area is 118 Å². The fourth-order valence-corrected chi connectivity index (χ4v) is 2.50. The highest BCUT2D eigenvalue weighted by Gasteiger charge is 2.18. The number of benzene rings is 1. The Hall–Kier alpha value is -0.410. The summed E-state index contributed by atoms with van der Waals surface area (Å²) in [4.78, 5) is 0. The molecule has 0 bridgehead atoms. The van der Waals surface area contributed by atoms with Gasteiger partial charge >= 0.3 is 0 Å². The van der Waals surface area contributed by atoms with Crippen molar-refractivity contribution in [3.05, 3.63) is 34.1 Å². The molecule has 0 aliphatic carbocycles. The normalized spacial score (nSPS) is 13.7. The second-order valence-electron chi connectivity index (χ2n) is 5.88.